The third kappa shape index (κ3) is 5.62. The van der Waals surface area contributed by atoms with E-state index in [4.69, 9.17) is 9.84 Å². The van der Waals surface area contributed by atoms with Crippen molar-refractivity contribution in [2.45, 2.75) is 63.3 Å². The number of nitriles is 1. The van der Waals surface area contributed by atoms with Crippen molar-refractivity contribution in [1.82, 2.24) is 0 Å². The zero-order chi connectivity index (χ0) is 18.2. The lowest BCUT2D eigenvalue weighted by molar-refractivity contribution is -0.139. The third-order valence-electron chi connectivity index (χ3n) is 4.48. The summed E-state index contributed by atoms with van der Waals surface area (Å²) in [5.74, 6) is -2.27. The van der Waals surface area contributed by atoms with E-state index in [0.717, 1.165) is 12.8 Å². The van der Waals surface area contributed by atoms with Crippen LogP contribution in [0.3, 0.4) is 0 Å². The summed E-state index contributed by atoms with van der Waals surface area (Å²) in [5, 5.41) is 38.6. The molecule has 7 heteroatoms. The Hall–Kier alpha value is -1.91. The number of carbonyl (C=O) groups excluding carboxylic acids is 1. The summed E-state index contributed by atoms with van der Waals surface area (Å²) in [6.45, 7) is 2.28. The lowest BCUT2D eigenvalue weighted by Crippen LogP contribution is -2.27. The molecule has 0 aliphatic heterocycles. The Morgan fingerprint density at radius 2 is 2.17 bits per heavy atom. The molecule has 1 saturated carbocycles. The van der Waals surface area contributed by atoms with Crippen LogP contribution in [-0.4, -0.2) is 45.6 Å². The number of aliphatic carboxylic acids is 1. The second kappa shape index (κ2) is 9.40. The molecule has 1 rings (SSSR count). The van der Waals surface area contributed by atoms with E-state index >= 15 is 0 Å². The van der Waals surface area contributed by atoms with E-state index in [1.807, 2.05) is 13.0 Å². The van der Waals surface area contributed by atoms with Crippen LogP contribution < -0.4 is 0 Å². The second-order valence-corrected chi connectivity index (χ2v) is 6.27. The van der Waals surface area contributed by atoms with E-state index in [-0.39, 0.29) is 25.7 Å². The van der Waals surface area contributed by atoms with Crippen LogP contribution in [0.15, 0.2) is 12.2 Å². The molecule has 1 aliphatic carbocycles. The zero-order valence-electron chi connectivity index (χ0n) is 13.8. The maximum Gasteiger partial charge on any atom is 0.303 e. The summed E-state index contributed by atoms with van der Waals surface area (Å²) >= 11 is 0. The van der Waals surface area contributed by atoms with Gasteiger partial charge in [-0.05, 0) is 18.9 Å². The minimum atomic E-state index is -1.65. The molecule has 0 bridgehead atoms. The molecule has 7 nitrogen and oxygen atoms in total. The highest BCUT2D eigenvalue weighted by molar-refractivity contribution is 5.67. The summed E-state index contributed by atoms with van der Waals surface area (Å²) in [7, 11) is 0. The van der Waals surface area contributed by atoms with Gasteiger partial charge in [0.2, 0.25) is 0 Å². The number of hydrogen-bond donors (Lipinski definition) is 3. The van der Waals surface area contributed by atoms with Crippen molar-refractivity contribution >= 4 is 12.4 Å². The topological polar surface area (TPSA) is 128 Å². The molecule has 1 aliphatic rings. The van der Waals surface area contributed by atoms with Gasteiger partial charge >= 0.3 is 5.97 Å². The fourth-order valence-electron chi connectivity index (χ4n) is 3.15. The normalized spacial score (nSPS) is 29.1. The lowest BCUT2D eigenvalue weighted by atomic mass is 9.88. The predicted molar refractivity (Wildman–Crippen MR) is 84.6 cm³/mol. The number of aliphatic hydroxyl groups excluding tert-OH is 1. The molecule has 0 aromatic rings. The highest BCUT2D eigenvalue weighted by atomic mass is 16.5. The van der Waals surface area contributed by atoms with Gasteiger partial charge in [0.05, 0.1) is 12.5 Å². The van der Waals surface area contributed by atoms with E-state index in [2.05, 4.69) is 0 Å². The Labute approximate surface area is 141 Å². The smallest absolute Gasteiger partial charge is 0.303 e. The monoisotopic (exact) mass is 339 g/mol. The molecule has 134 valence electrons. The van der Waals surface area contributed by atoms with Gasteiger partial charge in [-0.3, -0.25) is 9.59 Å². The number of hydrogen-bond acceptors (Lipinski definition) is 6. The molecular formula is C17H25NO6. The highest BCUT2D eigenvalue weighted by Crippen LogP contribution is 2.38. The number of rotatable bonds is 10. The van der Waals surface area contributed by atoms with Crippen molar-refractivity contribution in [2.75, 3.05) is 0 Å². The summed E-state index contributed by atoms with van der Waals surface area (Å²) in [5.41, 5.74) is -1.65. The molecule has 5 atom stereocenters. The first kappa shape index (κ1) is 20.1. The van der Waals surface area contributed by atoms with Gasteiger partial charge in [-0.1, -0.05) is 25.8 Å². The van der Waals surface area contributed by atoms with Gasteiger partial charge < -0.3 is 20.1 Å². The SMILES string of the molecule is CCCCCC(O)(C#N)C=C[C@H]1[C@H](CC(=O)O)[C@H](O)C[C@@H]1OC=O. The van der Waals surface area contributed by atoms with Gasteiger partial charge in [-0.2, -0.15) is 5.26 Å². The van der Waals surface area contributed by atoms with Crippen molar-refractivity contribution < 1.29 is 29.6 Å². The molecule has 3 N–H and O–H groups in total. The van der Waals surface area contributed by atoms with E-state index in [9.17, 15) is 25.1 Å². The average Bonchev–Trinajstić information content (AvgIpc) is 2.81. The van der Waals surface area contributed by atoms with Crippen LogP contribution in [0, 0.1) is 23.2 Å². The van der Waals surface area contributed by atoms with Crippen LogP contribution in [0.4, 0.5) is 0 Å². The van der Waals surface area contributed by atoms with Crippen molar-refractivity contribution in [3.63, 3.8) is 0 Å². The summed E-state index contributed by atoms with van der Waals surface area (Å²) in [4.78, 5) is 21.6. The number of unbranched alkanes of at least 4 members (excludes halogenated alkanes) is 2. The van der Waals surface area contributed by atoms with Crippen LogP contribution in [0.1, 0.15) is 45.4 Å². The summed E-state index contributed by atoms with van der Waals surface area (Å²) in [6, 6.07) is 1.85. The highest BCUT2D eigenvalue weighted by Gasteiger charge is 2.43. The summed E-state index contributed by atoms with van der Waals surface area (Å²) < 4.78 is 4.95. The molecule has 24 heavy (non-hydrogen) atoms. The van der Waals surface area contributed by atoms with Gasteiger partial charge in [0.25, 0.3) is 6.47 Å². The average molecular weight is 339 g/mol. The fourth-order valence-corrected chi connectivity index (χ4v) is 3.15. The second-order valence-electron chi connectivity index (χ2n) is 6.27. The molecule has 0 amide bonds. The van der Waals surface area contributed by atoms with Gasteiger partial charge in [0, 0.05) is 18.3 Å². The van der Waals surface area contributed by atoms with Crippen molar-refractivity contribution in [3.8, 4) is 6.07 Å². The van der Waals surface area contributed by atoms with E-state index in [1.54, 1.807) is 0 Å². The number of carboxylic acid groups (broad SMARTS) is 1. The van der Waals surface area contributed by atoms with Gasteiger partial charge in [-0.25, -0.2) is 0 Å². The molecule has 0 aromatic carbocycles. The van der Waals surface area contributed by atoms with E-state index in [1.165, 1.54) is 12.2 Å². The number of ether oxygens (including phenoxy) is 1. The summed E-state index contributed by atoms with van der Waals surface area (Å²) in [6.07, 6.45) is 3.90. The van der Waals surface area contributed by atoms with Crippen molar-refractivity contribution in [3.05, 3.63) is 12.2 Å². The maximum atomic E-state index is 11.0. The number of carbonyl (C=O) groups is 2. The molecule has 0 saturated heterocycles. The van der Waals surface area contributed by atoms with Crippen LogP contribution in [0.25, 0.3) is 0 Å². The van der Waals surface area contributed by atoms with E-state index < -0.39 is 35.6 Å². The molecule has 1 unspecified atom stereocenters. The molecule has 1 fully saturated rings. The minimum Gasteiger partial charge on any atom is -0.481 e. The van der Waals surface area contributed by atoms with Crippen LogP contribution >= 0.6 is 0 Å². The Morgan fingerprint density at radius 1 is 1.46 bits per heavy atom. The zero-order valence-corrected chi connectivity index (χ0v) is 13.8. The third-order valence-corrected chi connectivity index (χ3v) is 4.48. The predicted octanol–water partition coefficient (Wildman–Crippen LogP) is 1.39. The lowest BCUT2D eigenvalue weighted by Gasteiger charge is -2.22. The van der Waals surface area contributed by atoms with Gasteiger partial charge in [0.15, 0.2) is 5.60 Å². The first-order valence-electron chi connectivity index (χ1n) is 8.18. The van der Waals surface area contributed by atoms with Crippen molar-refractivity contribution in [1.29, 1.82) is 5.26 Å². The molecule has 0 aromatic heterocycles. The molecule has 0 spiro atoms. The molecular weight excluding hydrogens is 314 g/mol. The van der Waals surface area contributed by atoms with Crippen LogP contribution in [-0.2, 0) is 14.3 Å². The van der Waals surface area contributed by atoms with E-state index in [0.29, 0.717) is 6.42 Å². The quantitative estimate of drug-likeness (QED) is 0.237. The number of nitrogens with zero attached hydrogens (tertiary/aromatic N) is 1. The first-order valence-corrected chi connectivity index (χ1v) is 8.18. The number of carboxylic acids is 1. The minimum absolute atomic E-state index is 0.131. The molecule has 0 radical (unpaired) electrons. The fraction of sp³-hybridized carbons (Fsp3) is 0.706. The Balaban J connectivity index is 2.92. The first-order chi connectivity index (χ1) is 11.4. The standard InChI is InChI=1S/C17H25NO6/c1-2-3-4-6-17(23,10-18)7-5-12-13(8-16(21)22)14(20)9-15(12)24-11-19/h5,7,11-15,20,23H,2-4,6,8-9H2,1H3,(H,21,22)/t12-,13-,14+,15-,17?/m0/s1. The van der Waals surface area contributed by atoms with Gasteiger partial charge in [-0.15, -0.1) is 0 Å². The Bertz CT molecular complexity index is 500. The maximum absolute atomic E-state index is 11.0. The van der Waals surface area contributed by atoms with Gasteiger partial charge in [0.1, 0.15) is 12.2 Å². The van der Waals surface area contributed by atoms with Crippen molar-refractivity contribution in [2.24, 2.45) is 11.8 Å². The number of aliphatic hydroxyl groups is 2. The molecule has 0 heterocycles. The van der Waals surface area contributed by atoms with Crippen LogP contribution in [0.2, 0.25) is 0 Å². The Morgan fingerprint density at radius 3 is 2.71 bits per heavy atom. The Kier molecular flexibility index (Phi) is 7.89. The van der Waals surface area contributed by atoms with Crippen LogP contribution in [0.5, 0.6) is 0 Å². The largest absolute Gasteiger partial charge is 0.481 e.